The monoisotopic (exact) mass is 434 g/mol. The number of hydrogen-bond donors (Lipinski definition) is 0. The zero-order valence-corrected chi connectivity index (χ0v) is 19.6. The van der Waals surface area contributed by atoms with E-state index in [1.807, 2.05) is 6.92 Å². The molecule has 3 fully saturated rings. The molecule has 0 N–H and O–H groups in total. The van der Waals surface area contributed by atoms with Crippen LogP contribution in [0.15, 0.2) is 11.1 Å². The van der Waals surface area contributed by atoms with Gasteiger partial charge in [-0.2, -0.15) is 0 Å². The Morgan fingerprint density at radius 2 is 1.58 bits per heavy atom. The fourth-order valence-corrected chi connectivity index (χ4v) is 7.35. The summed E-state index contributed by atoms with van der Waals surface area (Å²) in [4.78, 5) is 50.2. The van der Waals surface area contributed by atoms with Gasteiger partial charge in [0.1, 0.15) is 11.5 Å². The van der Waals surface area contributed by atoms with Gasteiger partial charge >= 0.3 is 17.9 Å². The van der Waals surface area contributed by atoms with Crippen LogP contribution in [-0.2, 0) is 33.4 Å². The van der Waals surface area contributed by atoms with Crippen molar-refractivity contribution in [3.8, 4) is 0 Å². The molecule has 0 saturated heterocycles. The van der Waals surface area contributed by atoms with Gasteiger partial charge in [-0.25, -0.2) is 4.79 Å². The van der Waals surface area contributed by atoms with E-state index in [4.69, 9.17) is 14.2 Å². The van der Waals surface area contributed by atoms with Gasteiger partial charge in [-0.05, 0) is 56.8 Å². The second kappa shape index (κ2) is 7.75. The van der Waals surface area contributed by atoms with Gasteiger partial charge in [0.25, 0.3) is 0 Å². The molecule has 0 unspecified atom stereocenters. The molecule has 3 aliphatic carbocycles. The molecule has 3 saturated carbocycles. The number of carbonyl (C=O) groups excluding carboxylic acids is 4. The standard InChI is InChI=1S/C24H34O7/c1-13(20(27)29-6)19-15(26)12-17-22(3)11-9-18(31-14(2)25)24(5,21(28)30-7)16(22)8-10-23(17,19)4/h16-18H,8-12H2,1-7H3/b19-13+/t16-,17-,18-,22+,23+,24-/m1/s1. The van der Waals surface area contributed by atoms with Crippen molar-refractivity contribution in [1.29, 1.82) is 0 Å². The molecule has 31 heavy (non-hydrogen) atoms. The lowest BCUT2D eigenvalue weighted by atomic mass is 9.42. The van der Waals surface area contributed by atoms with E-state index >= 15 is 0 Å². The zero-order chi connectivity index (χ0) is 23.4. The van der Waals surface area contributed by atoms with E-state index in [9.17, 15) is 19.2 Å². The number of hydrogen-bond acceptors (Lipinski definition) is 7. The van der Waals surface area contributed by atoms with Crippen LogP contribution < -0.4 is 0 Å². The number of ether oxygens (including phenoxy) is 3. The quantitative estimate of drug-likeness (QED) is 0.382. The van der Waals surface area contributed by atoms with Crippen LogP contribution >= 0.6 is 0 Å². The molecule has 7 nitrogen and oxygen atoms in total. The van der Waals surface area contributed by atoms with Crippen molar-refractivity contribution in [3.63, 3.8) is 0 Å². The summed E-state index contributed by atoms with van der Waals surface area (Å²) in [7, 11) is 2.68. The van der Waals surface area contributed by atoms with Crippen LogP contribution in [0.2, 0.25) is 0 Å². The predicted octanol–water partition coefficient (Wildman–Crippen LogP) is 3.39. The molecule has 6 atom stereocenters. The minimum absolute atomic E-state index is 0.0147. The van der Waals surface area contributed by atoms with Gasteiger partial charge in [-0.1, -0.05) is 13.8 Å². The van der Waals surface area contributed by atoms with E-state index in [-0.39, 0.29) is 29.0 Å². The number of allylic oxidation sites excluding steroid dienone is 1. The molecule has 0 radical (unpaired) electrons. The van der Waals surface area contributed by atoms with E-state index in [1.54, 1.807) is 6.92 Å². The van der Waals surface area contributed by atoms with Crippen LogP contribution in [0.3, 0.4) is 0 Å². The summed E-state index contributed by atoms with van der Waals surface area (Å²) in [5.74, 6) is -1.43. The van der Waals surface area contributed by atoms with E-state index in [2.05, 4.69) is 13.8 Å². The molecule has 0 amide bonds. The molecule has 3 rings (SSSR count). The topological polar surface area (TPSA) is 96.0 Å². The van der Waals surface area contributed by atoms with Gasteiger partial charge in [0, 0.05) is 29.9 Å². The summed E-state index contributed by atoms with van der Waals surface area (Å²) in [6.07, 6.45) is 2.34. The SMILES string of the molecule is COC(=O)/C(C)=C1\C(=O)C[C@@H]2[C@@]3(C)CC[C@@H](OC(C)=O)[C@](C)(C(=O)OC)[C@@H]3CC[C@]12C. The fourth-order valence-electron chi connectivity index (χ4n) is 7.35. The maximum atomic E-state index is 13.2. The average Bonchev–Trinajstić information content (AvgIpc) is 2.99. The highest BCUT2D eigenvalue weighted by atomic mass is 16.6. The second-order valence-corrected chi connectivity index (χ2v) is 10.1. The van der Waals surface area contributed by atoms with Gasteiger partial charge < -0.3 is 14.2 Å². The summed E-state index contributed by atoms with van der Waals surface area (Å²) in [6, 6.07) is 0. The Labute approximate surface area is 183 Å². The number of ketones is 1. The average molecular weight is 435 g/mol. The Kier molecular flexibility index (Phi) is 5.87. The first-order chi connectivity index (χ1) is 14.4. The van der Waals surface area contributed by atoms with Crippen molar-refractivity contribution in [2.24, 2.45) is 28.1 Å². The van der Waals surface area contributed by atoms with E-state index in [0.29, 0.717) is 36.8 Å². The highest BCUT2D eigenvalue weighted by Gasteiger charge is 2.68. The summed E-state index contributed by atoms with van der Waals surface area (Å²) < 4.78 is 15.7. The summed E-state index contributed by atoms with van der Waals surface area (Å²) in [5.41, 5.74) is -0.858. The number of fused-ring (bicyclic) bond motifs is 3. The van der Waals surface area contributed by atoms with Gasteiger partial charge in [0.2, 0.25) is 0 Å². The van der Waals surface area contributed by atoms with Crippen LogP contribution in [0.5, 0.6) is 0 Å². The van der Waals surface area contributed by atoms with Gasteiger partial charge in [0.05, 0.1) is 14.2 Å². The molecule has 0 aromatic rings. The minimum atomic E-state index is -0.998. The first kappa shape index (κ1) is 23.5. The van der Waals surface area contributed by atoms with Crippen molar-refractivity contribution >= 4 is 23.7 Å². The van der Waals surface area contributed by atoms with E-state index in [1.165, 1.54) is 21.1 Å². The van der Waals surface area contributed by atoms with Crippen LogP contribution in [0.4, 0.5) is 0 Å². The summed E-state index contributed by atoms with van der Waals surface area (Å²) in [6.45, 7) is 9.07. The van der Waals surface area contributed by atoms with Crippen LogP contribution in [-0.4, -0.2) is 44.0 Å². The first-order valence-electron chi connectivity index (χ1n) is 11.0. The Morgan fingerprint density at radius 3 is 2.13 bits per heavy atom. The summed E-state index contributed by atoms with van der Waals surface area (Å²) in [5, 5.41) is 0. The van der Waals surface area contributed by atoms with Gasteiger partial charge in [-0.3, -0.25) is 14.4 Å². The highest BCUT2D eigenvalue weighted by Crippen LogP contribution is 2.69. The lowest BCUT2D eigenvalue weighted by Gasteiger charge is -2.61. The second-order valence-electron chi connectivity index (χ2n) is 10.1. The maximum Gasteiger partial charge on any atom is 0.333 e. The van der Waals surface area contributed by atoms with Crippen molar-refractivity contribution in [3.05, 3.63) is 11.1 Å². The molecule has 0 aliphatic heterocycles. The molecular weight excluding hydrogens is 400 g/mol. The molecular formula is C24H34O7. The normalized spacial score (nSPS) is 41.0. The van der Waals surface area contributed by atoms with Gasteiger partial charge in [-0.15, -0.1) is 0 Å². The van der Waals surface area contributed by atoms with Crippen LogP contribution in [0, 0.1) is 28.1 Å². The first-order valence-corrected chi connectivity index (χ1v) is 11.0. The lowest BCUT2D eigenvalue weighted by Crippen LogP contribution is -2.62. The third-order valence-corrected chi connectivity index (χ3v) is 8.69. The lowest BCUT2D eigenvalue weighted by molar-refractivity contribution is -0.206. The third-order valence-electron chi connectivity index (χ3n) is 8.69. The van der Waals surface area contributed by atoms with Crippen molar-refractivity contribution in [2.75, 3.05) is 14.2 Å². The Morgan fingerprint density at radius 1 is 0.935 bits per heavy atom. The molecule has 3 aliphatic rings. The molecule has 7 heteroatoms. The molecule has 0 aromatic carbocycles. The predicted molar refractivity (Wildman–Crippen MR) is 112 cm³/mol. The van der Waals surface area contributed by atoms with Crippen molar-refractivity contribution in [1.82, 2.24) is 0 Å². The zero-order valence-electron chi connectivity index (χ0n) is 19.6. The Bertz CT molecular complexity index is 858. The highest BCUT2D eigenvalue weighted by molar-refractivity contribution is 6.06. The number of rotatable bonds is 3. The van der Waals surface area contributed by atoms with E-state index in [0.717, 1.165) is 6.42 Å². The molecule has 0 spiro atoms. The number of methoxy groups -OCH3 is 2. The summed E-state index contributed by atoms with van der Waals surface area (Å²) >= 11 is 0. The smallest absolute Gasteiger partial charge is 0.333 e. The minimum Gasteiger partial charge on any atom is -0.468 e. The molecule has 0 aromatic heterocycles. The van der Waals surface area contributed by atoms with Crippen LogP contribution in [0.1, 0.15) is 66.7 Å². The van der Waals surface area contributed by atoms with E-state index < -0.39 is 28.9 Å². The third kappa shape index (κ3) is 3.23. The number of carbonyl (C=O) groups is 4. The van der Waals surface area contributed by atoms with Crippen molar-refractivity contribution in [2.45, 2.75) is 72.8 Å². The van der Waals surface area contributed by atoms with Crippen molar-refractivity contribution < 1.29 is 33.4 Å². The largest absolute Gasteiger partial charge is 0.468 e. The molecule has 172 valence electrons. The van der Waals surface area contributed by atoms with Crippen LogP contribution in [0.25, 0.3) is 0 Å². The number of Topliss-reactive ketones (excluding diaryl/α,β-unsaturated/α-hetero) is 1. The Balaban J connectivity index is 2.10. The van der Waals surface area contributed by atoms with Gasteiger partial charge in [0.15, 0.2) is 5.78 Å². The molecule has 0 bridgehead atoms. The fraction of sp³-hybridized carbons (Fsp3) is 0.750. The molecule has 0 heterocycles. The Hall–Kier alpha value is -2.18. The number of esters is 3. The maximum absolute atomic E-state index is 13.2.